The zero-order chi connectivity index (χ0) is 19.2. The Morgan fingerprint density at radius 1 is 1.12 bits per heavy atom. The Morgan fingerprint density at radius 3 is 2.20 bits per heavy atom. The number of nitrogens with zero attached hydrogens (tertiary/aromatic N) is 2. The zero-order valence-corrected chi connectivity index (χ0v) is 18.2. The van der Waals surface area contributed by atoms with Crippen molar-refractivity contribution in [2.24, 2.45) is 5.16 Å². The maximum Gasteiger partial charge on any atom is 0.273 e. The van der Waals surface area contributed by atoms with Crippen LogP contribution in [0.2, 0.25) is 18.1 Å². The molecule has 1 aliphatic rings. The van der Waals surface area contributed by atoms with E-state index in [4.69, 9.17) is 4.84 Å². The fourth-order valence-corrected chi connectivity index (χ4v) is 4.91. The molecule has 0 aromatic heterocycles. The number of anilines is 1. The maximum absolute atomic E-state index is 13.3. The van der Waals surface area contributed by atoms with E-state index in [-0.39, 0.29) is 16.4 Å². The van der Waals surface area contributed by atoms with E-state index >= 15 is 0 Å². The summed E-state index contributed by atoms with van der Waals surface area (Å²) < 4.78 is 2.02. The molecule has 0 saturated carbocycles. The highest BCUT2D eigenvalue weighted by Crippen LogP contribution is 2.45. The molecule has 0 spiro atoms. The minimum Gasteiger partial charge on any atom is -0.395 e. The highest BCUT2D eigenvalue weighted by atomic mass is 28.3. The third kappa shape index (κ3) is 3.39. The van der Waals surface area contributed by atoms with E-state index in [1.165, 1.54) is 5.56 Å². The molecule has 1 heterocycles. The normalized spacial score (nSPS) is 17.2. The molecule has 0 aliphatic carbocycles. The average molecular weight is 361 g/mol. The first-order valence-electron chi connectivity index (χ1n) is 9.01. The second-order valence-corrected chi connectivity index (χ2v) is 14.4. The summed E-state index contributed by atoms with van der Waals surface area (Å²) in [5.41, 5.74) is 3.52. The maximum atomic E-state index is 13.3. The summed E-state index contributed by atoms with van der Waals surface area (Å²) in [5, 5.41) is 4.23. The predicted octanol–water partition coefficient (Wildman–Crippen LogP) is 5.08. The van der Waals surface area contributed by atoms with Crippen molar-refractivity contribution >= 4 is 25.5 Å². The number of carbonyl (C=O) groups excluding carboxylic acids is 1. The molecule has 1 aromatic rings. The predicted molar refractivity (Wildman–Crippen MR) is 108 cm³/mol. The molecule has 5 heteroatoms. The van der Waals surface area contributed by atoms with E-state index in [1.807, 2.05) is 11.5 Å². The fraction of sp³-hybridized carbons (Fsp3) is 0.600. The Balaban J connectivity index is 2.69. The third-order valence-electron chi connectivity index (χ3n) is 5.44. The Morgan fingerprint density at radius 2 is 1.72 bits per heavy atom. The molecular formula is C20H32N2O2Si. The lowest BCUT2D eigenvalue weighted by molar-refractivity contribution is -0.111. The van der Waals surface area contributed by atoms with Crippen molar-refractivity contribution in [3.8, 4) is 0 Å². The lowest BCUT2D eigenvalue weighted by Gasteiger charge is -2.43. The van der Waals surface area contributed by atoms with Crippen LogP contribution in [0, 0.1) is 0 Å². The quantitative estimate of drug-likeness (QED) is 0.557. The number of rotatable bonds is 3. The van der Waals surface area contributed by atoms with Crippen LogP contribution in [-0.2, 0) is 15.0 Å². The number of hydrogen-bond donors (Lipinski definition) is 0. The molecular weight excluding hydrogens is 328 g/mol. The van der Waals surface area contributed by atoms with Gasteiger partial charge in [-0.25, -0.2) is 0 Å². The lowest BCUT2D eigenvalue weighted by atomic mass is 9.86. The highest BCUT2D eigenvalue weighted by Gasteiger charge is 2.50. The largest absolute Gasteiger partial charge is 0.395 e. The van der Waals surface area contributed by atoms with Gasteiger partial charge in [0.05, 0.1) is 0 Å². The van der Waals surface area contributed by atoms with Crippen molar-refractivity contribution in [2.45, 2.75) is 72.0 Å². The van der Waals surface area contributed by atoms with Crippen LogP contribution in [0.4, 0.5) is 5.69 Å². The molecule has 1 aliphatic heterocycles. The van der Waals surface area contributed by atoms with Crippen LogP contribution in [0.15, 0.2) is 23.4 Å². The van der Waals surface area contributed by atoms with Crippen molar-refractivity contribution in [3.05, 3.63) is 29.3 Å². The topological polar surface area (TPSA) is 41.9 Å². The SMILES string of the molecule is CCO/N=C1/C(=O)N([Si](C)(C)C(C)(C)C)c2ccc(C(C)(C)C)cc21. The molecule has 0 bridgehead atoms. The van der Waals surface area contributed by atoms with Gasteiger partial charge in [-0.3, -0.25) is 4.79 Å². The van der Waals surface area contributed by atoms with E-state index in [0.29, 0.717) is 12.3 Å². The average Bonchev–Trinajstić information content (AvgIpc) is 2.74. The lowest BCUT2D eigenvalue weighted by Crippen LogP contribution is -2.57. The first-order chi connectivity index (χ1) is 11.3. The monoisotopic (exact) mass is 360 g/mol. The highest BCUT2D eigenvalue weighted by molar-refractivity contribution is 6.90. The molecule has 1 amide bonds. The number of benzene rings is 1. The van der Waals surface area contributed by atoms with Crippen LogP contribution in [0.3, 0.4) is 0 Å². The molecule has 0 fully saturated rings. The van der Waals surface area contributed by atoms with E-state index in [1.54, 1.807) is 0 Å². The summed E-state index contributed by atoms with van der Waals surface area (Å²) in [4.78, 5) is 18.5. The van der Waals surface area contributed by atoms with Gasteiger partial charge in [0.15, 0.2) is 13.9 Å². The van der Waals surface area contributed by atoms with Gasteiger partial charge in [-0.15, -0.1) is 0 Å². The summed E-state index contributed by atoms with van der Waals surface area (Å²) in [6, 6.07) is 6.33. The van der Waals surface area contributed by atoms with Gasteiger partial charge in [-0.2, -0.15) is 0 Å². The summed E-state index contributed by atoms with van der Waals surface area (Å²) in [7, 11) is -2.08. The standard InChI is InChI=1S/C20H32N2O2Si/c1-10-24-21-17-15-13-14(19(2,3)4)11-12-16(15)22(18(17)23)25(8,9)20(5,6)7/h11-13H,10H2,1-9H3/b21-17+. The summed E-state index contributed by atoms with van der Waals surface area (Å²) in [6.45, 7) is 20.0. The van der Waals surface area contributed by atoms with Crippen LogP contribution in [0.1, 0.15) is 59.6 Å². The Hall–Kier alpha value is -1.62. The number of oxime groups is 1. The van der Waals surface area contributed by atoms with E-state index in [2.05, 4.69) is 78.0 Å². The van der Waals surface area contributed by atoms with Crippen LogP contribution in [0.25, 0.3) is 0 Å². The van der Waals surface area contributed by atoms with Gasteiger partial charge in [0, 0.05) is 11.3 Å². The molecule has 0 atom stereocenters. The van der Waals surface area contributed by atoms with Gasteiger partial charge >= 0.3 is 0 Å². The summed E-state index contributed by atoms with van der Waals surface area (Å²) >= 11 is 0. The summed E-state index contributed by atoms with van der Waals surface area (Å²) in [5.74, 6) is -0.0268. The molecule has 0 saturated heterocycles. The molecule has 0 N–H and O–H groups in total. The minimum absolute atomic E-state index is 0.0131. The Kier molecular flexibility index (Phi) is 4.94. The Bertz CT molecular complexity index is 709. The first-order valence-corrected chi connectivity index (χ1v) is 12.0. The Labute approximate surface area is 153 Å². The molecule has 4 nitrogen and oxygen atoms in total. The second kappa shape index (κ2) is 6.27. The molecule has 0 unspecified atom stereocenters. The summed E-state index contributed by atoms with van der Waals surface area (Å²) in [6.07, 6.45) is 0. The van der Waals surface area contributed by atoms with Crippen LogP contribution < -0.4 is 4.57 Å². The van der Waals surface area contributed by atoms with Gasteiger partial charge in [0.1, 0.15) is 6.61 Å². The second-order valence-electron chi connectivity index (χ2n) is 9.29. The van der Waals surface area contributed by atoms with Crippen LogP contribution in [-0.4, -0.2) is 26.5 Å². The number of amides is 1. The van der Waals surface area contributed by atoms with Gasteiger partial charge in [0.2, 0.25) is 0 Å². The van der Waals surface area contributed by atoms with E-state index in [9.17, 15) is 4.79 Å². The van der Waals surface area contributed by atoms with Gasteiger partial charge < -0.3 is 9.40 Å². The van der Waals surface area contributed by atoms with Crippen molar-refractivity contribution < 1.29 is 9.63 Å². The minimum atomic E-state index is -2.08. The third-order valence-corrected chi connectivity index (χ3v) is 10.7. The zero-order valence-electron chi connectivity index (χ0n) is 17.2. The molecule has 138 valence electrons. The van der Waals surface area contributed by atoms with E-state index < -0.39 is 8.24 Å². The first kappa shape index (κ1) is 19.7. The molecule has 25 heavy (non-hydrogen) atoms. The smallest absolute Gasteiger partial charge is 0.273 e. The van der Waals surface area contributed by atoms with Crippen molar-refractivity contribution in [3.63, 3.8) is 0 Å². The number of fused-ring (bicyclic) bond motifs is 1. The molecule has 2 rings (SSSR count). The molecule has 1 aromatic carbocycles. The van der Waals surface area contributed by atoms with Crippen LogP contribution in [0.5, 0.6) is 0 Å². The van der Waals surface area contributed by atoms with Crippen molar-refractivity contribution in [1.82, 2.24) is 0 Å². The van der Waals surface area contributed by atoms with Gasteiger partial charge in [0.25, 0.3) is 5.91 Å². The van der Waals surface area contributed by atoms with Crippen molar-refractivity contribution in [1.29, 1.82) is 0 Å². The van der Waals surface area contributed by atoms with E-state index in [0.717, 1.165) is 11.3 Å². The van der Waals surface area contributed by atoms with Crippen molar-refractivity contribution in [2.75, 3.05) is 11.2 Å². The fourth-order valence-electron chi connectivity index (χ4n) is 2.83. The van der Waals surface area contributed by atoms with Crippen LogP contribution >= 0.6 is 0 Å². The number of carbonyl (C=O) groups is 1. The number of hydrogen-bond acceptors (Lipinski definition) is 3. The molecule has 0 radical (unpaired) electrons. The van der Waals surface area contributed by atoms with Gasteiger partial charge in [-0.05, 0) is 35.1 Å². The van der Waals surface area contributed by atoms with Gasteiger partial charge in [-0.1, -0.05) is 65.9 Å².